The SMILES string of the molecule is Cc1ccc([C@@H]2c3cc(OCc4nc(C(=O)N5CCCC5)cs4)ccc3CCN2C(=O)CC(C)C)cc1. The number of fused-ring (bicyclic) bond motifs is 1. The summed E-state index contributed by atoms with van der Waals surface area (Å²) in [5.41, 5.74) is 5.19. The summed E-state index contributed by atoms with van der Waals surface area (Å²) in [7, 11) is 0. The molecule has 3 aromatic rings. The topological polar surface area (TPSA) is 62.7 Å². The van der Waals surface area contributed by atoms with Gasteiger partial charge in [-0.05, 0) is 60.9 Å². The lowest BCUT2D eigenvalue weighted by Crippen LogP contribution is -2.41. The van der Waals surface area contributed by atoms with Gasteiger partial charge in [-0.15, -0.1) is 11.3 Å². The normalized spacial score (nSPS) is 17.2. The van der Waals surface area contributed by atoms with E-state index >= 15 is 0 Å². The van der Waals surface area contributed by atoms with E-state index in [0.717, 1.165) is 54.2 Å². The minimum absolute atomic E-state index is 0.0147. The van der Waals surface area contributed by atoms with Crippen LogP contribution in [0.3, 0.4) is 0 Å². The number of ether oxygens (including phenoxy) is 1. The molecule has 2 amide bonds. The summed E-state index contributed by atoms with van der Waals surface area (Å²) in [4.78, 5) is 34.4. The van der Waals surface area contributed by atoms with Crippen LogP contribution in [0.15, 0.2) is 47.8 Å². The van der Waals surface area contributed by atoms with Crippen molar-refractivity contribution in [2.45, 2.75) is 59.1 Å². The van der Waals surface area contributed by atoms with Crippen molar-refractivity contribution in [1.82, 2.24) is 14.8 Å². The zero-order valence-electron chi connectivity index (χ0n) is 21.9. The van der Waals surface area contributed by atoms with Crippen LogP contribution >= 0.6 is 11.3 Å². The molecule has 7 heteroatoms. The van der Waals surface area contributed by atoms with Gasteiger partial charge < -0.3 is 14.5 Å². The maximum Gasteiger partial charge on any atom is 0.273 e. The molecule has 3 heterocycles. The van der Waals surface area contributed by atoms with Gasteiger partial charge in [0.25, 0.3) is 5.91 Å². The average Bonchev–Trinajstić information content (AvgIpc) is 3.59. The Kier molecular flexibility index (Phi) is 7.60. The molecule has 2 aliphatic heterocycles. The van der Waals surface area contributed by atoms with Crippen LogP contribution in [-0.4, -0.2) is 46.2 Å². The average molecular weight is 518 g/mol. The van der Waals surface area contributed by atoms with E-state index in [9.17, 15) is 9.59 Å². The molecule has 1 atom stereocenters. The van der Waals surface area contributed by atoms with Crippen LogP contribution < -0.4 is 4.74 Å². The molecule has 0 N–H and O–H groups in total. The summed E-state index contributed by atoms with van der Waals surface area (Å²) in [5, 5.41) is 2.61. The molecule has 0 bridgehead atoms. The van der Waals surface area contributed by atoms with Gasteiger partial charge in [-0.2, -0.15) is 0 Å². The number of hydrogen-bond donors (Lipinski definition) is 0. The molecule has 1 saturated heterocycles. The maximum absolute atomic E-state index is 13.3. The highest BCUT2D eigenvalue weighted by Gasteiger charge is 2.32. The van der Waals surface area contributed by atoms with E-state index in [1.54, 1.807) is 0 Å². The third kappa shape index (κ3) is 5.72. The molecule has 2 aliphatic rings. The van der Waals surface area contributed by atoms with Crippen LogP contribution in [0.4, 0.5) is 0 Å². The smallest absolute Gasteiger partial charge is 0.273 e. The van der Waals surface area contributed by atoms with E-state index in [-0.39, 0.29) is 17.9 Å². The number of nitrogens with zero attached hydrogens (tertiary/aromatic N) is 3. The van der Waals surface area contributed by atoms with Gasteiger partial charge in [0.05, 0.1) is 6.04 Å². The summed E-state index contributed by atoms with van der Waals surface area (Å²) in [6, 6.07) is 14.6. The summed E-state index contributed by atoms with van der Waals surface area (Å²) in [5.74, 6) is 1.26. The summed E-state index contributed by atoms with van der Waals surface area (Å²) in [6.07, 6.45) is 3.50. The van der Waals surface area contributed by atoms with Crippen molar-refractivity contribution in [3.05, 3.63) is 80.8 Å². The number of thiazole rings is 1. The van der Waals surface area contributed by atoms with Crippen molar-refractivity contribution >= 4 is 23.2 Å². The summed E-state index contributed by atoms with van der Waals surface area (Å²) >= 11 is 1.46. The molecule has 6 nitrogen and oxygen atoms in total. The number of hydrogen-bond acceptors (Lipinski definition) is 5. The minimum Gasteiger partial charge on any atom is -0.486 e. The molecule has 1 fully saturated rings. The second-order valence-corrected chi connectivity index (χ2v) is 11.5. The second-order valence-electron chi connectivity index (χ2n) is 10.5. The molecule has 5 rings (SSSR count). The number of rotatable bonds is 7. The van der Waals surface area contributed by atoms with Crippen molar-refractivity contribution in [1.29, 1.82) is 0 Å². The molecule has 0 spiro atoms. The second kappa shape index (κ2) is 11.1. The number of aromatic nitrogens is 1. The Morgan fingerprint density at radius 3 is 2.57 bits per heavy atom. The van der Waals surface area contributed by atoms with Gasteiger partial charge in [-0.25, -0.2) is 4.98 Å². The molecule has 0 aliphatic carbocycles. The number of benzene rings is 2. The minimum atomic E-state index is -0.135. The Morgan fingerprint density at radius 1 is 1.08 bits per heavy atom. The first-order valence-electron chi connectivity index (χ1n) is 13.2. The first kappa shape index (κ1) is 25.5. The van der Waals surface area contributed by atoms with Crippen molar-refractivity contribution in [3.63, 3.8) is 0 Å². The Morgan fingerprint density at radius 2 is 1.84 bits per heavy atom. The van der Waals surface area contributed by atoms with Gasteiger partial charge in [0.2, 0.25) is 5.91 Å². The van der Waals surface area contributed by atoms with Gasteiger partial charge in [-0.3, -0.25) is 9.59 Å². The summed E-state index contributed by atoms with van der Waals surface area (Å²) < 4.78 is 6.16. The van der Waals surface area contributed by atoms with Crippen LogP contribution in [-0.2, 0) is 17.8 Å². The lowest BCUT2D eigenvalue weighted by atomic mass is 9.87. The van der Waals surface area contributed by atoms with Crippen LogP contribution in [0.1, 0.15) is 76.9 Å². The standard InChI is InChI=1S/C30H35N3O3S/c1-20(2)16-28(34)33-15-12-22-10-11-24(17-25(22)29(33)23-8-6-21(3)7-9-23)36-18-27-31-26(19-37-27)30(35)32-13-4-5-14-32/h6-11,17,19-20,29H,4-5,12-16,18H2,1-3H3/t29-/m1/s1. The van der Waals surface area contributed by atoms with E-state index in [4.69, 9.17) is 4.74 Å². The van der Waals surface area contributed by atoms with Crippen LogP contribution in [0, 0.1) is 12.8 Å². The summed E-state index contributed by atoms with van der Waals surface area (Å²) in [6.45, 7) is 8.91. The molecule has 0 radical (unpaired) electrons. The Bertz CT molecular complexity index is 1260. The zero-order valence-corrected chi connectivity index (χ0v) is 22.7. The fraction of sp³-hybridized carbons (Fsp3) is 0.433. The van der Waals surface area contributed by atoms with E-state index in [0.29, 0.717) is 31.2 Å². The number of amides is 2. The monoisotopic (exact) mass is 517 g/mol. The van der Waals surface area contributed by atoms with Crippen molar-refractivity contribution < 1.29 is 14.3 Å². The van der Waals surface area contributed by atoms with Gasteiger partial charge >= 0.3 is 0 Å². The first-order valence-corrected chi connectivity index (χ1v) is 14.1. The Balaban J connectivity index is 1.37. The number of carbonyl (C=O) groups is 2. The van der Waals surface area contributed by atoms with Crippen LogP contribution in [0.5, 0.6) is 5.75 Å². The van der Waals surface area contributed by atoms with E-state index in [1.165, 1.54) is 22.5 Å². The number of carbonyl (C=O) groups excluding carboxylic acids is 2. The molecule has 0 unspecified atom stereocenters. The highest BCUT2D eigenvalue weighted by atomic mass is 32.1. The van der Waals surface area contributed by atoms with Gasteiger partial charge in [0.15, 0.2) is 0 Å². The third-order valence-corrected chi connectivity index (χ3v) is 7.99. The zero-order chi connectivity index (χ0) is 25.9. The predicted molar refractivity (Wildman–Crippen MR) is 146 cm³/mol. The lowest BCUT2D eigenvalue weighted by Gasteiger charge is -2.38. The fourth-order valence-corrected chi connectivity index (χ4v) is 5.91. The maximum atomic E-state index is 13.3. The van der Waals surface area contributed by atoms with Gasteiger partial charge in [0, 0.05) is 31.4 Å². The van der Waals surface area contributed by atoms with Crippen LogP contribution in [0.25, 0.3) is 0 Å². The lowest BCUT2D eigenvalue weighted by molar-refractivity contribution is -0.134. The quantitative estimate of drug-likeness (QED) is 0.398. The van der Waals surface area contributed by atoms with Crippen LogP contribution in [0.2, 0.25) is 0 Å². The van der Waals surface area contributed by atoms with Crippen molar-refractivity contribution in [3.8, 4) is 5.75 Å². The molecule has 37 heavy (non-hydrogen) atoms. The van der Waals surface area contributed by atoms with Gasteiger partial charge in [-0.1, -0.05) is 49.7 Å². The number of aryl methyl sites for hydroxylation is 1. The van der Waals surface area contributed by atoms with Crippen molar-refractivity contribution in [2.24, 2.45) is 5.92 Å². The highest BCUT2D eigenvalue weighted by Crippen LogP contribution is 2.38. The Labute approximate surface area is 223 Å². The molecule has 2 aromatic carbocycles. The third-order valence-electron chi connectivity index (χ3n) is 7.17. The molecule has 194 valence electrons. The van der Waals surface area contributed by atoms with Gasteiger partial charge in [0.1, 0.15) is 23.1 Å². The largest absolute Gasteiger partial charge is 0.486 e. The predicted octanol–water partition coefficient (Wildman–Crippen LogP) is 5.79. The number of likely N-dealkylation sites (tertiary alicyclic amines) is 1. The molecular weight excluding hydrogens is 482 g/mol. The molecular formula is C30H35N3O3S. The Hall–Kier alpha value is -3.19. The van der Waals surface area contributed by atoms with E-state index in [2.05, 4.69) is 62.2 Å². The van der Waals surface area contributed by atoms with E-state index < -0.39 is 0 Å². The van der Waals surface area contributed by atoms with Crippen molar-refractivity contribution in [2.75, 3.05) is 19.6 Å². The fourth-order valence-electron chi connectivity index (χ4n) is 5.23. The van der Waals surface area contributed by atoms with E-state index in [1.807, 2.05) is 21.2 Å². The highest BCUT2D eigenvalue weighted by molar-refractivity contribution is 7.09. The molecule has 1 aromatic heterocycles. The first-order chi connectivity index (χ1) is 17.9. The molecule has 0 saturated carbocycles.